The Kier molecular flexibility index (Phi) is 6.75. The van der Waals surface area contributed by atoms with E-state index in [1.807, 2.05) is 0 Å². The Labute approximate surface area is 95.0 Å². The van der Waals surface area contributed by atoms with Crippen LogP contribution in [0.2, 0.25) is 0 Å². The van der Waals surface area contributed by atoms with Gasteiger partial charge in [-0.25, -0.2) is 4.79 Å². The van der Waals surface area contributed by atoms with Crippen LogP contribution in [0.4, 0.5) is 0 Å². The van der Waals surface area contributed by atoms with Gasteiger partial charge in [0.25, 0.3) is 10.1 Å². The van der Waals surface area contributed by atoms with Crippen molar-refractivity contribution < 1.29 is 27.2 Å². The molecular weight excluding hydrogens is 236 g/mol. The van der Waals surface area contributed by atoms with Gasteiger partial charge in [-0.2, -0.15) is 8.42 Å². The molecule has 0 rings (SSSR count). The van der Waals surface area contributed by atoms with Gasteiger partial charge in [-0.15, -0.1) is 0 Å². The number of esters is 1. The van der Waals surface area contributed by atoms with Gasteiger partial charge in [-0.05, 0) is 20.3 Å². The normalized spacial score (nSPS) is 12.3. The van der Waals surface area contributed by atoms with E-state index in [0.29, 0.717) is 12.2 Å². The number of carbonyl (C=O) groups excluding carboxylic acids is 1. The zero-order valence-corrected chi connectivity index (χ0v) is 10.1. The van der Waals surface area contributed by atoms with Crippen molar-refractivity contribution in [2.45, 2.75) is 20.3 Å². The molecule has 0 heterocycles. The number of ether oxygens (including phenoxy) is 2. The molecule has 7 heteroatoms. The lowest BCUT2D eigenvalue weighted by Gasteiger charge is -2.04. The molecule has 0 spiro atoms. The first-order valence-electron chi connectivity index (χ1n) is 4.77. The molecule has 0 fully saturated rings. The molecule has 0 saturated carbocycles. The van der Waals surface area contributed by atoms with E-state index in [4.69, 9.17) is 14.0 Å². The Morgan fingerprint density at radius 1 is 1.44 bits per heavy atom. The van der Waals surface area contributed by atoms with Crippen LogP contribution in [-0.2, 0) is 24.4 Å². The van der Waals surface area contributed by atoms with Crippen molar-refractivity contribution in [3.05, 3.63) is 11.8 Å². The highest BCUT2D eigenvalue weighted by Crippen LogP contribution is 1.99. The van der Waals surface area contributed by atoms with Crippen LogP contribution in [-0.4, -0.2) is 37.9 Å². The molecule has 0 aromatic rings. The summed E-state index contributed by atoms with van der Waals surface area (Å²) in [5.74, 6) is -0.988. The van der Waals surface area contributed by atoms with Gasteiger partial charge in [-0.1, -0.05) is 0 Å². The van der Waals surface area contributed by atoms with E-state index in [0.717, 1.165) is 0 Å². The fourth-order valence-electron chi connectivity index (χ4n) is 0.776. The summed E-state index contributed by atoms with van der Waals surface area (Å²) < 4.78 is 38.7. The zero-order valence-electron chi connectivity index (χ0n) is 9.30. The highest BCUT2D eigenvalue weighted by molar-refractivity contribution is 7.85. The lowest BCUT2D eigenvalue weighted by Crippen LogP contribution is -2.11. The SMILES string of the molecule is CCOC=C(C)C(=O)OCCCS(=O)(=O)O. The average Bonchev–Trinajstić information content (AvgIpc) is 2.19. The molecular formula is C9H16O6S. The maximum atomic E-state index is 11.2. The van der Waals surface area contributed by atoms with Gasteiger partial charge in [0.05, 0.1) is 30.8 Å². The lowest BCUT2D eigenvalue weighted by atomic mass is 10.3. The standard InChI is InChI=1S/C9H16O6S/c1-3-14-7-8(2)9(10)15-5-4-6-16(11,12)13/h7H,3-6H2,1-2H3,(H,11,12,13). The fraction of sp³-hybridized carbons (Fsp3) is 0.667. The van der Waals surface area contributed by atoms with Crippen LogP contribution in [0.25, 0.3) is 0 Å². The monoisotopic (exact) mass is 252 g/mol. The second-order valence-electron chi connectivity index (χ2n) is 3.03. The molecule has 6 nitrogen and oxygen atoms in total. The third kappa shape index (κ3) is 8.25. The molecule has 0 atom stereocenters. The molecule has 1 N–H and O–H groups in total. The van der Waals surface area contributed by atoms with Gasteiger partial charge in [0.15, 0.2) is 0 Å². The summed E-state index contributed by atoms with van der Waals surface area (Å²) in [6, 6.07) is 0. The molecule has 0 aliphatic carbocycles. The second-order valence-corrected chi connectivity index (χ2v) is 4.60. The van der Waals surface area contributed by atoms with Gasteiger partial charge in [0, 0.05) is 0 Å². The quantitative estimate of drug-likeness (QED) is 0.236. The summed E-state index contributed by atoms with van der Waals surface area (Å²) in [5.41, 5.74) is 0.300. The molecule has 0 aromatic carbocycles. The van der Waals surface area contributed by atoms with Crippen LogP contribution in [0.5, 0.6) is 0 Å². The number of hydrogen-bond donors (Lipinski definition) is 1. The maximum Gasteiger partial charge on any atom is 0.336 e. The van der Waals surface area contributed by atoms with Crippen molar-refractivity contribution >= 4 is 16.1 Å². The highest BCUT2D eigenvalue weighted by atomic mass is 32.2. The van der Waals surface area contributed by atoms with Gasteiger partial charge >= 0.3 is 5.97 Å². The average molecular weight is 252 g/mol. The van der Waals surface area contributed by atoms with E-state index in [9.17, 15) is 13.2 Å². The minimum atomic E-state index is -3.99. The third-order valence-corrected chi connectivity index (χ3v) is 2.33. The highest BCUT2D eigenvalue weighted by Gasteiger charge is 2.08. The van der Waals surface area contributed by atoms with Crippen LogP contribution < -0.4 is 0 Å². The van der Waals surface area contributed by atoms with Gasteiger partial charge < -0.3 is 9.47 Å². The van der Waals surface area contributed by atoms with Gasteiger partial charge in [0.2, 0.25) is 0 Å². The molecule has 16 heavy (non-hydrogen) atoms. The van der Waals surface area contributed by atoms with Crippen LogP contribution in [0.15, 0.2) is 11.8 Å². The largest absolute Gasteiger partial charge is 0.501 e. The number of rotatable bonds is 7. The molecule has 94 valence electrons. The predicted octanol–water partition coefficient (Wildman–Crippen LogP) is 0.748. The van der Waals surface area contributed by atoms with E-state index in [-0.39, 0.29) is 13.0 Å². The van der Waals surface area contributed by atoms with Crippen molar-refractivity contribution in [1.29, 1.82) is 0 Å². The molecule has 0 amide bonds. The number of carbonyl (C=O) groups is 1. The van der Waals surface area contributed by atoms with Gasteiger partial charge in [0.1, 0.15) is 0 Å². The first kappa shape index (κ1) is 14.9. The molecule has 0 aromatic heterocycles. The molecule has 0 bridgehead atoms. The minimum Gasteiger partial charge on any atom is -0.501 e. The van der Waals surface area contributed by atoms with E-state index < -0.39 is 21.8 Å². The molecule has 0 aliphatic rings. The van der Waals surface area contributed by atoms with Crippen molar-refractivity contribution in [2.75, 3.05) is 19.0 Å². The first-order valence-corrected chi connectivity index (χ1v) is 6.38. The Balaban J connectivity index is 3.82. The van der Waals surface area contributed by atoms with Gasteiger partial charge in [-0.3, -0.25) is 4.55 Å². The molecule has 0 saturated heterocycles. The molecule has 0 radical (unpaired) electrons. The van der Waals surface area contributed by atoms with Crippen LogP contribution in [0.1, 0.15) is 20.3 Å². The first-order chi connectivity index (χ1) is 7.37. The van der Waals surface area contributed by atoms with Crippen molar-refractivity contribution in [1.82, 2.24) is 0 Å². The van der Waals surface area contributed by atoms with Crippen molar-refractivity contribution in [2.24, 2.45) is 0 Å². The third-order valence-electron chi connectivity index (χ3n) is 1.53. The van der Waals surface area contributed by atoms with Crippen LogP contribution in [0, 0.1) is 0 Å². The lowest BCUT2D eigenvalue weighted by molar-refractivity contribution is -0.139. The summed E-state index contributed by atoms with van der Waals surface area (Å²) >= 11 is 0. The summed E-state index contributed by atoms with van der Waals surface area (Å²) in [6.45, 7) is 3.70. The van der Waals surface area contributed by atoms with Crippen LogP contribution in [0.3, 0.4) is 0 Å². The Morgan fingerprint density at radius 3 is 2.56 bits per heavy atom. The van der Waals surface area contributed by atoms with E-state index in [2.05, 4.69) is 0 Å². The molecule has 0 unspecified atom stereocenters. The summed E-state index contributed by atoms with van der Waals surface area (Å²) in [7, 11) is -3.99. The topological polar surface area (TPSA) is 89.9 Å². The zero-order chi connectivity index (χ0) is 12.6. The van der Waals surface area contributed by atoms with Crippen LogP contribution >= 0.6 is 0 Å². The van der Waals surface area contributed by atoms with E-state index >= 15 is 0 Å². The minimum absolute atomic E-state index is 0.0596. The van der Waals surface area contributed by atoms with Crippen molar-refractivity contribution in [3.63, 3.8) is 0 Å². The second kappa shape index (κ2) is 7.24. The smallest absolute Gasteiger partial charge is 0.336 e. The summed E-state index contributed by atoms with van der Waals surface area (Å²) in [5, 5.41) is 0. The molecule has 0 aliphatic heterocycles. The number of hydrogen-bond acceptors (Lipinski definition) is 5. The van der Waals surface area contributed by atoms with E-state index in [1.54, 1.807) is 6.92 Å². The maximum absolute atomic E-state index is 11.2. The Morgan fingerprint density at radius 2 is 2.06 bits per heavy atom. The van der Waals surface area contributed by atoms with Crippen molar-refractivity contribution in [3.8, 4) is 0 Å². The Hall–Kier alpha value is -1.08. The van der Waals surface area contributed by atoms with E-state index in [1.165, 1.54) is 13.2 Å². The fourth-order valence-corrected chi connectivity index (χ4v) is 1.26. The predicted molar refractivity (Wildman–Crippen MR) is 57.4 cm³/mol. The Bertz CT molecular complexity index is 343. The summed E-state index contributed by atoms with van der Waals surface area (Å²) in [6.07, 6.45) is 1.34. The summed E-state index contributed by atoms with van der Waals surface area (Å²) in [4.78, 5) is 11.2.